The number of hydrogen-bond acceptors (Lipinski definition) is 5. The summed E-state index contributed by atoms with van der Waals surface area (Å²) in [4.78, 5) is 31.1. The normalized spacial score (nSPS) is 10.3. The molecule has 6 nitrogen and oxygen atoms in total. The summed E-state index contributed by atoms with van der Waals surface area (Å²) >= 11 is 1.09. The van der Waals surface area contributed by atoms with Crippen molar-refractivity contribution in [1.82, 2.24) is 15.3 Å². The van der Waals surface area contributed by atoms with Gasteiger partial charge in [0, 0.05) is 18.3 Å². The molecule has 0 atom stereocenters. The van der Waals surface area contributed by atoms with Gasteiger partial charge in [-0.1, -0.05) is 6.07 Å². The zero-order valence-electron chi connectivity index (χ0n) is 11.5. The minimum Gasteiger partial charge on any atom is -0.477 e. The molecule has 7 heteroatoms. The molecule has 0 fully saturated rings. The number of amides is 1. The molecule has 2 aromatic heterocycles. The molecule has 0 saturated carbocycles. The van der Waals surface area contributed by atoms with Crippen LogP contribution in [0.4, 0.5) is 0 Å². The minimum atomic E-state index is -0.988. The average molecular weight is 305 g/mol. The molecule has 0 bridgehead atoms. The second-order valence-electron chi connectivity index (χ2n) is 4.43. The molecular weight excluding hydrogens is 290 g/mol. The van der Waals surface area contributed by atoms with Gasteiger partial charge in [0.25, 0.3) is 0 Å². The van der Waals surface area contributed by atoms with E-state index in [2.05, 4.69) is 15.3 Å². The summed E-state index contributed by atoms with van der Waals surface area (Å²) in [7, 11) is 0. The van der Waals surface area contributed by atoms with Gasteiger partial charge in [-0.05, 0) is 25.5 Å². The van der Waals surface area contributed by atoms with Gasteiger partial charge in [0.05, 0.1) is 12.2 Å². The Hall–Kier alpha value is -2.28. The number of aromatic carboxylic acids is 1. The lowest BCUT2D eigenvalue weighted by atomic mass is 10.2. The molecule has 110 valence electrons. The highest BCUT2D eigenvalue weighted by Gasteiger charge is 2.14. The number of nitrogens with zero attached hydrogens (tertiary/aromatic N) is 2. The Morgan fingerprint density at radius 2 is 2.19 bits per heavy atom. The summed E-state index contributed by atoms with van der Waals surface area (Å²) in [5, 5.41) is 12.3. The Kier molecular flexibility index (Phi) is 4.99. The zero-order chi connectivity index (χ0) is 15.2. The Morgan fingerprint density at radius 1 is 1.38 bits per heavy atom. The van der Waals surface area contributed by atoms with E-state index in [-0.39, 0.29) is 17.3 Å². The average Bonchev–Trinajstić information content (AvgIpc) is 2.85. The van der Waals surface area contributed by atoms with Crippen LogP contribution in [0.15, 0.2) is 24.4 Å². The third-order valence-corrected chi connectivity index (χ3v) is 3.95. The van der Waals surface area contributed by atoms with Crippen LogP contribution < -0.4 is 5.32 Å². The number of nitrogens with one attached hydrogen (secondary N) is 1. The summed E-state index contributed by atoms with van der Waals surface area (Å²) in [6.45, 7) is 1.90. The number of hydrogen-bond donors (Lipinski definition) is 2. The molecule has 0 aromatic carbocycles. The summed E-state index contributed by atoms with van der Waals surface area (Å²) in [5.41, 5.74) is 1.34. The highest BCUT2D eigenvalue weighted by Crippen LogP contribution is 2.17. The van der Waals surface area contributed by atoms with E-state index in [4.69, 9.17) is 5.11 Å². The fourth-order valence-electron chi connectivity index (χ4n) is 1.78. The van der Waals surface area contributed by atoms with E-state index in [1.807, 2.05) is 18.2 Å². The van der Waals surface area contributed by atoms with Crippen LogP contribution in [-0.2, 0) is 17.8 Å². The number of carbonyl (C=O) groups excluding carboxylic acids is 1. The Bertz CT molecular complexity index is 640. The molecule has 2 aromatic rings. The lowest BCUT2D eigenvalue weighted by Crippen LogP contribution is -2.23. The van der Waals surface area contributed by atoms with Gasteiger partial charge < -0.3 is 10.4 Å². The Labute approximate surface area is 125 Å². The molecule has 2 rings (SSSR count). The molecule has 2 heterocycles. The standard InChI is InChI=1S/C14H15N3O3S/c1-9-13(14(19)20)21-12(17-9)8-16-11(18)6-5-10-4-2-3-7-15-10/h2-4,7H,5-6,8H2,1H3,(H,16,18)(H,19,20). The number of thiazole rings is 1. The SMILES string of the molecule is Cc1nc(CNC(=O)CCc2ccccn2)sc1C(=O)O. The van der Waals surface area contributed by atoms with E-state index < -0.39 is 5.97 Å². The van der Waals surface area contributed by atoms with Crippen LogP contribution in [0.1, 0.15) is 32.5 Å². The van der Waals surface area contributed by atoms with E-state index in [1.165, 1.54) is 0 Å². The van der Waals surface area contributed by atoms with Crippen molar-refractivity contribution in [1.29, 1.82) is 0 Å². The highest BCUT2D eigenvalue weighted by atomic mass is 32.1. The van der Waals surface area contributed by atoms with Crippen molar-refractivity contribution in [2.24, 2.45) is 0 Å². The molecule has 2 N–H and O–H groups in total. The van der Waals surface area contributed by atoms with E-state index in [0.29, 0.717) is 23.5 Å². The molecule has 1 amide bonds. The molecule has 0 aliphatic rings. The zero-order valence-corrected chi connectivity index (χ0v) is 12.3. The smallest absolute Gasteiger partial charge is 0.347 e. The second-order valence-corrected chi connectivity index (χ2v) is 5.51. The fraction of sp³-hybridized carbons (Fsp3) is 0.286. The van der Waals surface area contributed by atoms with Crippen molar-refractivity contribution in [3.05, 3.63) is 45.7 Å². The minimum absolute atomic E-state index is 0.106. The lowest BCUT2D eigenvalue weighted by Gasteiger charge is -2.02. The van der Waals surface area contributed by atoms with Gasteiger partial charge in [-0.15, -0.1) is 11.3 Å². The van der Waals surface area contributed by atoms with Crippen molar-refractivity contribution < 1.29 is 14.7 Å². The Morgan fingerprint density at radius 3 is 2.81 bits per heavy atom. The second kappa shape index (κ2) is 6.94. The van der Waals surface area contributed by atoms with Crippen LogP contribution in [0.3, 0.4) is 0 Å². The largest absolute Gasteiger partial charge is 0.477 e. The first kappa shape index (κ1) is 15.1. The van der Waals surface area contributed by atoms with Crippen LogP contribution in [0, 0.1) is 6.92 Å². The predicted molar refractivity (Wildman–Crippen MR) is 78.2 cm³/mol. The van der Waals surface area contributed by atoms with Crippen molar-refractivity contribution >= 4 is 23.2 Å². The van der Waals surface area contributed by atoms with Gasteiger partial charge in [0.2, 0.25) is 5.91 Å². The molecule has 0 spiro atoms. The maximum Gasteiger partial charge on any atom is 0.347 e. The summed E-state index contributed by atoms with van der Waals surface area (Å²) in [6.07, 6.45) is 2.61. The first-order valence-electron chi connectivity index (χ1n) is 6.42. The topological polar surface area (TPSA) is 92.2 Å². The van der Waals surface area contributed by atoms with Crippen molar-refractivity contribution in [2.75, 3.05) is 0 Å². The molecule has 0 aliphatic heterocycles. The molecule has 21 heavy (non-hydrogen) atoms. The molecule has 0 saturated heterocycles. The fourth-order valence-corrected chi connectivity index (χ4v) is 2.62. The Balaban J connectivity index is 1.81. The van der Waals surface area contributed by atoms with Crippen LogP contribution in [0.5, 0.6) is 0 Å². The number of aryl methyl sites for hydroxylation is 2. The highest BCUT2D eigenvalue weighted by molar-refractivity contribution is 7.13. The summed E-state index contributed by atoms with van der Waals surface area (Å²) in [5.74, 6) is -1.09. The quantitative estimate of drug-likeness (QED) is 0.849. The van der Waals surface area contributed by atoms with Crippen molar-refractivity contribution in [3.63, 3.8) is 0 Å². The van der Waals surface area contributed by atoms with Crippen LogP contribution >= 0.6 is 11.3 Å². The van der Waals surface area contributed by atoms with E-state index in [9.17, 15) is 9.59 Å². The van der Waals surface area contributed by atoms with Crippen LogP contribution in [0.25, 0.3) is 0 Å². The maximum atomic E-state index is 11.7. The molecule has 0 aliphatic carbocycles. The monoisotopic (exact) mass is 305 g/mol. The van der Waals surface area contributed by atoms with E-state index >= 15 is 0 Å². The first-order chi connectivity index (χ1) is 10.1. The number of rotatable bonds is 6. The molecule has 0 radical (unpaired) electrons. The van der Waals surface area contributed by atoms with Gasteiger partial charge >= 0.3 is 5.97 Å². The van der Waals surface area contributed by atoms with Crippen molar-refractivity contribution in [3.8, 4) is 0 Å². The number of carboxylic acids is 1. The summed E-state index contributed by atoms with van der Waals surface area (Å²) in [6, 6.07) is 5.58. The van der Waals surface area contributed by atoms with Crippen molar-refractivity contribution in [2.45, 2.75) is 26.3 Å². The van der Waals surface area contributed by atoms with E-state index in [1.54, 1.807) is 13.1 Å². The maximum absolute atomic E-state index is 11.7. The molecule has 0 unspecified atom stereocenters. The van der Waals surface area contributed by atoms with Crippen LogP contribution in [-0.4, -0.2) is 27.0 Å². The number of aromatic nitrogens is 2. The van der Waals surface area contributed by atoms with E-state index in [0.717, 1.165) is 17.0 Å². The molecular formula is C14H15N3O3S. The lowest BCUT2D eigenvalue weighted by molar-refractivity contribution is -0.121. The van der Waals surface area contributed by atoms with Crippen LogP contribution in [0.2, 0.25) is 0 Å². The third kappa shape index (κ3) is 4.35. The summed E-state index contributed by atoms with van der Waals surface area (Å²) < 4.78 is 0. The van der Waals surface area contributed by atoms with Gasteiger partial charge in [0.15, 0.2) is 0 Å². The first-order valence-corrected chi connectivity index (χ1v) is 7.24. The van der Waals surface area contributed by atoms with Gasteiger partial charge in [-0.25, -0.2) is 9.78 Å². The van der Waals surface area contributed by atoms with Gasteiger partial charge in [-0.2, -0.15) is 0 Å². The number of pyridine rings is 1. The van der Waals surface area contributed by atoms with Gasteiger partial charge in [-0.3, -0.25) is 9.78 Å². The van der Waals surface area contributed by atoms with Gasteiger partial charge in [0.1, 0.15) is 9.88 Å². The number of carboxylic acid groups (broad SMARTS) is 1. The third-order valence-electron chi connectivity index (χ3n) is 2.81. The predicted octanol–water partition coefficient (Wildman–Crippen LogP) is 1.79. The number of carbonyl (C=O) groups is 2.